The number of rotatable bonds is 3. The molecule has 2 unspecified atom stereocenters. The molecule has 6 nitrogen and oxygen atoms in total. The first-order valence-electron chi connectivity index (χ1n) is 10.2. The van der Waals surface area contributed by atoms with E-state index in [9.17, 15) is 9.18 Å². The van der Waals surface area contributed by atoms with Crippen LogP contribution in [0, 0.1) is 12.7 Å². The molecule has 2 aromatic heterocycles. The molecule has 30 heavy (non-hydrogen) atoms. The average Bonchev–Trinajstić information content (AvgIpc) is 3.41. The lowest BCUT2D eigenvalue weighted by Gasteiger charge is -2.42. The molecule has 0 radical (unpaired) electrons. The summed E-state index contributed by atoms with van der Waals surface area (Å²) >= 11 is 1.46. The third-order valence-electron chi connectivity index (χ3n) is 5.83. The Bertz CT molecular complexity index is 1090. The summed E-state index contributed by atoms with van der Waals surface area (Å²) in [6, 6.07) is 8.37. The molecule has 0 bridgehead atoms. The lowest BCUT2D eigenvalue weighted by Crippen LogP contribution is -2.56. The van der Waals surface area contributed by atoms with E-state index in [4.69, 9.17) is 9.47 Å². The maximum atomic E-state index is 13.3. The fraction of sp³-hybridized carbons (Fsp3) is 0.455. The van der Waals surface area contributed by atoms with Gasteiger partial charge in [0.2, 0.25) is 0 Å². The summed E-state index contributed by atoms with van der Waals surface area (Å²) in [6.45, 7) is 6.85. The van der Waals surface area contributed by atoms with Crippen molar-refractivity contribution in [1.29, 1.82) is 0 Å². The van der Waals surface area contributed by atoms with Gasteiger partial charge in [0.15, 0.2) is 0 Å². The number of carbonyl (C=O) groups excluding carboxylic acids is 1. The van der Waals surface area contributed by atoms with Crippen LogP contribution in [0.1, 0.15) is 34.3 Å². The van der Waals surface area contributed by atoms with Crippen LogP contribution in [0.25, 0.3) is 10.2 Å². The van der Waals surface area contributed by atoms with Crippen LogP contribution in [0.3, 0.4) is 0 Å². The number of benzene rings is 1. The van der Waals surface area contributed by atoms with Gasteiger partial charge in [-0.1, -0.05) is 12.1 Å². The number of amides is 1. The Morgan fingerprint density at radius 2 is 2.17 bits per heavy atom. The van der Waals surface area contributed by atoms with Crippen LogP contribution in [0.15, 0.2) is 30.3 Å². The summed E-state index contributed by atoms with van der Waals surface area (Å²) in [5.41, 5.74) is 1.48. The van der Waals surface area contributed by atoms with Crippen LogP contribution in [0.2, 0.25) is 0 Å². The van der Waals surface area contributed by atoms with Crippen molar-refractivity contribution in [3.63, 3.8) is 0 Å². The van der Waals surface area contributed by atoms with Crippen molar-refractivity contribution >= 4 is 27.5 Å². The Labute approximate surface area is 178 Å². The Hall–Kier alpha value is -2.29. The highest BCUT2D eigenvalue weighted by Crippen LogP contribution is 2.33. The summed E-state index contributed by atoms with van der Waals surface area (Å²) < 4.78 is 26.8. The van der Waals surface area contributed by atoms with Crippen LogP contribution in [-0.2, 0) is 16.0 Å². The molecule has 8 heteroatoms. The van der Waals surface area contributed by atoms with E-state index in [2.05, 4.69) is 5.10 Å². The molecular formula is C22H24FN3O3S. The second kappa shape index (κ2) is 7.44. The number of nitrogens with zero attached hydrogens (tertiary/aromatic N) is 3. The number of aromatic nitrogens is 2. The largest absolute Gasteiger partial charge is 0.378 e. The molecule has 4 heterocycles. The highest BCUT2D eigenvalue weighted by atomic mass is 32.1. The first-order valence-corrected chi connectivity index (χ1v) is 11.0. The molecule has 0 saturated carbocycles. The molecule has 2 aliphatic rings. The van der Waals surface area contributed by atoms with Crippen molar-refractivity contribution in [3.8, 4) is 0 Å². The summed E-state index contributed by atoms with van der Waals surface area (Å²) in [7, 11) is 0. The van der Waals surface area contributed by atoms with Gasteiger partial charge in [0.1, 0.15) is 16.2 Å². The molecular weight excluding hydrogens is 405 g/mol. The lowest BCUT2D eigenvalue weighted by atomic mass is 9.99. The molecule has 0 N–H and O–H groups in total. The minimum atomic E-state index is -0.376. The smallest absolute Gasteiger partial charge is 0.264 e. The van der Waals surface area contributed by atoms with Gasteiger partial charge in [-0.3, -0.25) is 9.48 Å². The minimum Gasteiger partial charge on any atom is -0.378 e. The molecule has 5 rings (SSSR count). The van der Waals surface area contributed by atoms with Crippen molar-refractivity contribution in [1.82, 2.24) is 14.7 Å². The van der Waals surface area contributed by atoms with Gasteiger partial charge in [-0.05, 0) is 37.6 Å². The first-order chi connectivity index (χ1) is 14.4. The van der Waals surface area contributed by atoms with Crippen LogP contribution < -0.4 is 0 Å². The predicted octanol–water partition coefficient (Wildman–Crippen LogP) is 3.61. The molecule has 2 atom stereocenters. The Balaban J connectivity index is 1.42. The van der Waals surface area contributed by atoms with Gasteiger partial charge in [-0.2, -0.15) is 5.10 Å². The number of ether oxygens (including phenoxy) is 2. The van der Waals surface area contributed by atoms with Crippen molar-refractivity contribution in [2.45, 2.75) is 38.5 Å². The molecule has 2 fully saturated rings. The number of aryl methyl sites for hydroxylation is 1. The molecule has 0 aliphatic carbocycles. The van der Waals surface area contributed by atoms with Gasteiger partial charge < -0.3 is 14.4 Å². The van der Waals surface area contributed by atoms with Gasteiger partial charge in [0.25, 0.3) is 5.91 Å². The third kappa shape index (κ3) is 3.53. The molecule has 3 aromatic rings. The molecule has 2 saturated heterocycles. The highest BCUT2D eigenvalue weighted by Gasteiger charge is 2.44. The number of thiophene rings is 1. The molecule has 158 valence electrons. The fourth-order valence-corrected chi connectivity index (χ4v) is 5.56. The van der Waals surface area contributed by atoms with Crippen molar-refractivity contribution < 1.29 is 18.7 Å². The topological polar surface area (TPSA) is 56.6 Å². The fourth-order valence-electron chi connectivity index (χ4n) is 4.43. The number of halogens is 1. The number of morpholine rings is 1. The van der Waals surface area contributed by atoms with E-state index < -0.39 is 0 Å². The molecule has 1 spiro atoms. The second-order valence-corrected chi connectivity index (χ2v) is 9.33. The summed E-state index contributed by atoms with van der Waals surface area (Å²) in [4.78, 5) is 16.9. The Morgan fingerprint density at radius 1 is 1.37 bits per heavy atom. The number of hydrogen-bond donors (Lipinski definition) is 0. The summed E-state index contributed by atoms with van der Waals surface area (Å²) in [5, 5.41) is 5.61. The van der Waals surface area contributed by atoms with Gasteiger partial charge >= 0.3 is 0 Å². The molecule has 1 aromatic carbocycles. The number of hydrogen-bond acceptors (Lipinski definition) is 5. The highest BCUT2D eigenvalue weighted by molar-refractivity contribution is 7.20. The normalized spacial score (nSPS) is 24.2. The van der Waals surface area contributed by atoms with E-state index in [1.165, 1.54) is 23.5 Å². The second-order valence-electron chi connectivity index (χ2n) is 8.30. The minimum absolute atomic E-state index is 0.0190. The Kier molecular flexibility index (Phi) is 4.88. The SMILES string of the molecule is Cc1nn(Cc2ccc(F)cc2)c2sc(C(=O)N3CC(C)OC4(CCOC4)C3)cc12. The van der Waals surface area contributed by atoms with Gasteiger partial charge in [0.05, 0.1) is 36.4 Å². The van der Waals surface area contributed by atoms with E-state index in [0.717, 1.165) is 27.9 Å². The van der Waals surface area contributed by atoms with Crippen molar-refractivity contribution in [3.05, 3.63) is 52.3 Å². The third-order valence-corrected chi connectivity index (χ3v) is 6.96. The molecule has 2 aliphatic heterocycles. The van der Waals surface area contributed by atoms with E-state index in [0.29, 0.717) is 37.7 Å². The Morgan fingerprint density at radius 3 is 2.90 bits per heavy atom. The summed E-state index contributed by atoms with van der Waals surface area (Å²) in [5.74, 6) is -0.222. The van der Waals surface area contributed by atoms with Crippen LogP contribution in [-0.4, -0.2) is 58.6 Å². The maximum absolute atomic E-state index is 13.3. The van der Waals surface area contributed by atoms with Crippen LogP contribution in [0.5, 0.6) is 0 Å². The van der Waals surface area contributed by atoms with Crippen LogP contribution in [0.4, 0.5) is 4.39 Å². The zero-order chi connectivity index (χ0) is 20.9. The zero-order valence-electron chi connectivity index (χ0n) is 17.1. The van der Waals surface area contributed by atoms with Gasteiger partial charge in [0, 0.05) is 25.0 Å². The van der Waals surface area contributed by atoms with E-state index >= 15 is 0 Å². The van der Waals surface area contributed by atoms with E-state index in [1.807, 2.05) is 29.5 Å². The van der Waals surface area contributed by atoms with Gasteiger partial charge in [-0.25, -0.2) is 4.39 Å². The number of fused-ring (bicyclic) bond motifs is 1. The lowest BCUT2D eigenvalue weighted by molar-refractivity contribution is -0.138. The zero-order valence-corrected chi connectivity index (χ0v) is 17.9. The maximum Gasteiger partial charge on any atom is 0.264 e. The monoisotopic (exact) mass is 429 g/mol. The van der Waals surface area contributed by atoms with Crippen molar-refractivity contribution in [2.24, 2.45) is 0 Å². The summed E-state index contributed by atoms with van der Waals surface area (Å²) in [6.07, 6.45) is 0.800. The average molecular weight is 430 g/mol. The standard InChI is InChI=1S/C22H24FN3O3S/c1-14-10-25(12-22(29-14)7-8-28-13-22)20(27)19-9-18-15(2)24-26(21(18)30-19)11-16-3-5-17(23)6-4-16/h3-6,9,14H,7-8,10-13H2,1-2H3. The first kappa shape index (κ1) is 19.7. The molecule has 1 amide bonds. The quantitative estimate of drug-likeness (QED) is 0.638. The van der Waals surface area contributed by atoms with Gasteiger partial charge in [-0.15, -0.1) is 11.3 Å². The predicted molar refractivity (Wildman–Crippen MR) is 112 cm³/mol. The van der Waals surface area contributed by atoms with Crippen molar-refractivity contribution in [2.75, 3.05) is 26.3 Å². The van der Waals surface area contributed by atoms with E-state index in [-0.39, 0.29) is 23.4 Å². The van der Waals surface area contributed by atoms with Crippen LogP contribution >= 0.6 is 11.3 Å². The number of carbonyl (C=O) groups is 1. The van der Waals surface area contributed by atoms with E-state index in [1.54, 1.807) is 12.1 Å².